The van der Waals surface area contributed by atoms with E-state index in [9.17, 15) is 0 Å². The summed E-state index contributed by atoms with van der Waals surface area (Å²) in [6.07, 6.45) is 10.0. The Labute approximate surface area is 115 Å². The number of hydrogen-bond acceptors (Lipinski definition) is 3. The lowest BCUT2D eigenvalue weighted by Crippen LogP contribution is -1.92. The molecule has 0 aromatic carbocycles. The number of imidazole rings is 1. The minimum absolute atomic E-state index is 0.260. The highest BCUT2D eigenvalue weighted by atomic mass is 35.5. The summed E-state index contributed by atoms with van der Waals surface area (Å²) in [4.78, 5) is 12.5. The Morgan fingerprint density at radius 3 is 2.58 bits per heavy atom. The van der Waals surface area contributed by atoms with Gasteiger partial charge in [0.05, 0.1) is 11.9 Å². The van der Waals surface area contributed by atoms with E-state index < -0.39 is 0 Å². The Hall–Kier alpha value is -1.94. The molecule has 19 heavy (non-hydrogen) atoms. The second-order valence-electron chi connectivity index (χ2n) is 4.85. The van der Waals surface area contributed by atoms with E-state index in [1.807, 2.05) is 6.20 Å². The minimum atomic E-state index is 0.260. The van der Waals surface area contributed by atoms with E-state index in [4.69, 9.17) is 11.6 Å². The number of pyridine rings is 1. The molecule has 0 bridgehead atoms. The van der Waals surface area contributed by atoms with Crippen LogP contribution in [0, 0.1) is 0 Å². The molecule has 3 aromatic rings. The molecular formula is C14H11ClN4. The summed E-state index contributed by atoms with van der Waals surface area (Å²) in [5, 5.41) is 0.260. The van der Waals surface area contributed by atoms with Crippen LogP contribution in [-0.2, 0) is 0 Å². The molecule has 0 radical (unpaired) electrons. The van der Waals surface area contributed by atoms with Crippen LogP contribution >= 0.6 is 11.6 Å². The van der Waals surface area contributed by atoms with Crippen molar-refractivity contribution in [1.82, 2.24) is 19.4 Å². The Kier molecular flexibility index (Phi) is 2.32. The zero-order chi connectivity index (χ0) is 12.8. The van der Waals surface area contributed by atoms with Crippen molar-refractivity contribution in [3.8, 4) is 11.3 Å². The molecule has 0 N–H and O–H groups in total. The third-order valence-electron chi connectivity index (χ3n) is 3.49. The first kappa shape index (κ1) is 10.9. The topological polar surface area (TPSA) is 43.1 Å². The van der Waals surface area contributed by atoms with Gasteiger partial charge < -0.3 is 0 Å². The Balaban J connectivity index is 1.88. The highest BCUT2D eigenvalue weighted by molar-refractivity contribution is 6.28. The van der Waals surface area contributed by atoms with Crippen molar-refractivity contribution in [3.63, 3.8) is 0 Å². The van der Waals surface area contributed by atoms with Crippen molar-refractivity contribution in [3.05, 3.63) is 47.8 Å². The zero-order valence-electron chi connectivity index (χ0n) is 10.1. The monoisotopic (exact) mass is 270 g/mol. The second-order valence-corrected chi connectivity index (χ2v) is 5.19. The van der Waals surface area contributed by atoms with Gasteiger partial charge in [-0.1, -0.05) is 6.07 Å². The molecule has 0 amide bonds. The van der Waals surface area contributed by atoms with Crippen molar-refractivity contribution >= 4 is 17.2 Å². The van der Waals surface area contributed by atoms with Crippen molar-refractivity contribution < 1.29 is 0 Å². The van der Waals surface area contributed by atoms with Crippen molar-refractivity contribution in [1.29, 1.82) is 0 Å². The Morgan fingerprint density at radius 2 is 1.84 bits per heavy atom. The maximum Gasteiger partial charge on any atom is 0.222 e. The number of hydrogen-bond donors (Lipinski definition) is 0. The van der Waals surface area contributed by atoms with Crippen molar-refractivity contribution in [2.24, 2.45) is 0 Å². The summed E-state index contributed by atoms with van der Waals surface area (Å²) in [7, 11) is 0. The molecule has 1 aliphatic rings. The normalized spacial score (nSPS) is 15.0. The molecule has 0 atom stereocenters. The molecule has 5 heteroatoms. The predicted molar refractivity (Wildman–Crippen MR) is 73.2 cm³/mol. The van der Waals surface area contributed by atoms with Crippen LogP contribution in [0.25, 0.3) is 16.9 Å². The number of rotatable bonds is 2. The zero-order valence-corrected chi connectivity index (χ0v) is 10.9. The molecule has 0 saturated heterocycles. The molecule has 1 fully saturated rings. The molecule has 0 aliphatic heterocycles. The highest BCUT2D eigenvalue weighted by Gasteiger charge is 2.24. The summed E-state index contributed by atoms with van der Waals surface area (Å²) in [6, 6.07) is 4.23. The summed E-state index contributed by atoms with van der Waals surface area (Å²) in [5.74, 6) is 0.723. The van der Waals surface area contributed by atoms with Gasteiger partial charge >= 0.3 is 0 Å². The Bertz CT molecular complexity index is 744. The lowest BCUT2D eigenvalue weighted by molar-refractivity contribution is 1.06. The molecule has 4 rings (SSSR count). The van der Waals surface area contributed by atoms with E-state index in [2.05, 4.69) is 37.7 Å². The summed E-state index contributed by atoms with van der Waals surface area (Å²) >= 11 is 5.72. The van der Waals surface area contributed by atoms with Crippen LogP contribution in [-0.4, -0.2) is 19.4 Å². The standard InChI is InChI=1S/C14H11ClN4/c15-14-17-5-11(6-18-14)12-7-16-13-4-3-10(8-19(12)13)9-1-2-9/h3-9H,1-2H2. The van der Waals surface area contributed by atoms with E-state index >= 15 is 0 Å². The first-order valence-corrected chi connectivity index (χ1v) is 6.64. The van der Waals surface area contributed by atoms with E-state index in [1.165, 1.54) is 18.4 Å². The van der Waals surface area contributed by atoms with Gasteiger partial charge in [-0.3, -0.25) is 4.40 Å². The number of fused-ring (bicyclic) bond motifs is 1. The smallest absolute Gasteiger partial charge is 0.222 e. The third-order valence-corrected chi connectivity index (χ3v) is 3.69. The molecule has 4 nitrogen and oxygen atoms in total. The molecule has 3 aromatic heterocycles. The van der Waals surface area contributed by atoms with Gasteiger partial charge in [-0.2, -0.15) is 0 Å². The average Bonchev–Trinajstić information content (AvgIpc) is 3.20. The maximum absolute atomic E-state index is 5.72. The largest absolute Gasteiger partial charge is 0.299 e. The van der Waals surface area contributed by atoms with Crippen LogP contribution in [0.2, 0.25) is 5.28 Å². The van der Waals surface area contributed by atoms with Crippen molar-refractivity contribution in [2.45, 2.75) is 18.8 Å². The van der Waals surface area contributed by atoms with Gasteiger partial charge in [0.25, 0.3) is 0 Å². The molecular weight excluding hydrogens is 260 g/mol. The maximum atomic E-state index is 5.72. The quantitative estimate of drug-likeness (QED) is 0.671. The van der Waals surface area contributed by atoms with Crippen LogP contribution in [0.5, 0.6) is 0 Å². The van der Waals surface area contributed by atoms with Crippen LogP contribution in [0.1, 0.15) is 24.3 Å². The lowest BCUT2D eigenvalue weighted by atomic mass is 10.2. The van der Waals surface area contributed by atoms with Gasteiger partial charge in [-0.15, -0.1) is 0 Å². The SMILES string of the molecule is Clc1ncc(-c2cnc3ccc(C4CC4)cn23)cn1. The van der Waals surface area contributed by atoms with Crippen LogP contribution < -0.4 is 0 Å². The van der Waals surface area contributed by atoms with E-state index in [0.29, 0.717) is 0 Å². The van der Waals surface area contributed by atoms with Gasteiger partial charge in [-0.25, -0.2) is 15.0 Å². The lowest BCUT2D eigenvalue weighted by Gasteiger charge is -2.04. The fourth-order valence-electron chi connectivity index (χ4n) is 2.31. The van der Waals surface area contributed by atoms with Gasteiger partial charge in [-0.05, 0) is 42.0 Å². The van der Waals surface area contributed by atoms with Crippen LogP contribution in [0.15, 0.2) is 36.9 Å². The molecule has 0 unspecified atom stereocenters. The highest BCUT2D eigenvalue weighted by Crippen LogP contribution is 2.40. The van der Waals surface area contributed by atoms with E-state index in [0.717, 1.165) is 22.8 Å². The first-order chi connectivity index (χ1) is 9.31. The molecule has 1 saturated carbocycles. The van der Waals surface area contributed by atoms with Gasteiger partial charge in [0.15, 0.2) is 0 Å². The van der Waals surface area contributed by atoms with E-state index in [1.54, 1.807) is 12.4 Å². The second kappa shape index (κ2) is 4.03. The minimum Gasteiger partial charge on any atom is -0.299 e. The molecule has 94 valence electrons. The summed E-state index contributed by atoms with van der Waals surface area (Å²) in [5.41, 5.74) is 4.23. The first-order valence-electron chi connectivity index (χ1n) is 6.26. The summed E-state index contributed by atoms with van der Waals surface area (Å²) < 4.78 is 2.10. The fraction of sp³-hybridized carbons (Fsp3) is 0.214. The average molecular weight is 271 g/mol. The number of nitrogens with zero attached hydrogens (tertiary/aromatic N) is 4. The predicted octanol–water partition coefficient (Wildman–Crippen LogP) is 3.32. The van der Waals surface area contributed by atoms with E-state index in [-0.39, 0.29) is 5.28 Å². The van der Waals surface area contributed by atoms with Crippen LogP contribution in [0.3, 0.4) is 0 Å². The van der Waals surface area contributed by atoms with Crippen LogP contribution in [0.4, 0.5) is 0 Å². The fourth-order valence-corrected chi connectivity index (χ4v) is 2.41. The van der Waals surface area contributed by atoms with Gasteiger partial charge in [0.1, 0.15) is 5.65 Å². The third kappa shape index (κ3) is 1.88. The van der Waals surface area contributed by atoms with Gasteiger partial charge in [0, 0.05) is 24.2 Å². The molecule has 1 aliphatic carbocycles. The van der Waals surface area contributed by atoms with Crippen molar-refractivity contribution in [2.75, 3.05) is 0 Å². The molecule has 3 heterocycles. The summed E-state index contributed by atoms with van der Waals surface area (Å²) in [6.45, 7) is 0. The van der Waals surface area contributed by atoms with Gasteiger partial charge in [0.2, 0.25) is 5.28 Å². The number of aromatic nitrogens is 4. The number of halogens is 1. The molecule has 0 spiro atoms. The Morgan fingerprint density at radius 1 is 1.05 bits per heavy atom.